The van der Waals surface area contributed by atoms with E-state index in [0.717, 1.165) is 11.8 Å². The molecule has 39 heavy (non-hydrogen) atoms. The lowest BCUT2D eigenvalue weighted by atomic mass is 10.2. The maximum atomic E-state index is 12.2. The third-order valence-corrected chi connectivity index (χ3v) is 7.25. The Labute approximate surface area is 227 Å². The number of piperazine rings is 1. The van der Waals surface area contributed by atoms with Crippen LogP contribution in [0.2, 0.25) is 0 Å². The van der Waals surface area contributed by atoms with E-state index < -0.39 is 22.2 Å². The number of rotatable bonds is 9. The number of carbonyl (C=O) groups excluding carboxylic acids is 1. The van der Waals surface area contributed by atoms with Gasteiger partial charge in [0.25, 0.3) is 0 Å². The van der Waals surface area contributed by atoms with Crippen LogP contribution in [0.25, 0.3) is 0 Å². The second-order valence-corrected chi connectivity index (χ2v) is 11.0. The summed E-state index contributed by atoms with van der Waals surface area (Å²) in [6.07, 6.45) is 3.94. The van der Waals surface area contributed by atoms with Crippen LogP contribution in [0.1, 0.15) is 42.3 Å². The van der Waals surface area contributed by atoms with Crippen LogP contribution >= 0.6 is 0 Å². The van der Waals surface area contributed by atoms with Crippen molar-refractivity contribution < 1.29 is 32.3 Å². The minimum absolute atomic E-state index is 0.203. The van der Waals surface area contributed by atoms with Crippen molar-refractivity contribution >= 4 is 16.1 Å². The second-order valence-electron chi connectivity index (χ2n) is 9.01. The van der Waals surface area contributed by atoms with Crippen LogP contribution in [0.3, 0.4) is 0 Å². The molecule has 0 saturated carbocycles. The zero-order valence-electron chi connectivity index (χ0n) is 21.8. The molecule has 3 aromatic rings. The van der Waals surface area contributed by atoms with Gasteiger partial charge in [0.05, 0.1) is 26.0 Å². The summed E-state index contributed by atoms with van der Waals surface area (Å²) < 4.78 is 42.5. The number of aromatic nitrogens is 3. The van der Waals surface area contributed by atoms with Gasteiger partial charge in [-0.3, -0.25) is 0 Å². The number of nitrogens with zero attached hydrogens (tertiary/aromatic N) is 5. The monoisotopic (exact) mass is 557 g/mol. The van der Waals surface area contributed by atoms with Crippen LogP contribution in [0.5, 0.6) is 5.75 Å². The van der Waals surface area contributed by atoms with Crippen LogP contribution in [0.4, 0.5) is 4.79 Å². The maximum absolute atomic E-state index is 12.2. The molecule has 1 amide bonds. The lowest BCUT2D eigenvalue weighted by Gasteiger charge is -2.32. The van der Waals surface area contributed by atoms with E-state index in [-0.39, 0.29) is 19.7 Å². The number of aliphatic hydroxyl groups excluding tert-OH is 1. The Kier molecular flexibility index (Phi) is 9.23. The summed E-state index contributed by atoms with van der Waals surface area (Å²) in [6, 6.07) is 9.02. The van der Waals surface area contributed by atoms with E-state index in [0.29, 0.717) is 55.7 Å². The topological polar surface area (TPSA) is 140 Å². The fourth-order valence-corrected chi connectivity index (χ4v) is 4.74. The molecular formula is C26H31N5O7S. The van der Waals surface area contributed by atoms with Crippen LogP contribution in [0.15, 0.2) is 47.2 Å². The molecule has 0 radical (unpaired) electrons. The highest BCUT2D eigenvalue weighted by Crippen LogP contribution is 2.14. The summed E-state index contributed by atoms with van der Waals surface area (Å²) in [5.41, 5.74) is 1.44. The van der Waals surface area contributed by atoms with Gasteiger partial charge in [-0.1, -0.05) is 11.1 Å². The van der Waals surface area contributed by atoms with Gasteiger partial charge in [-0.15, -0.1) is 0 Å². The van der Waals surface area contributed by atoms with Crippen LogP contribution in [0, 0.1) is 11.8 Å². The van der Waals surface area contributed by atoms with E-state index >= 15 is 0 Å². The smallest absolute Gasteiger partial charge is 0.409 e. The molecule has 1 atom stereocenters. The van der Waals surface area contributed by atoms with Crippen molar-refractivity contribution in [2.75, 3.05) is 45.6 Å². The number of sulfonamides is 1. The standard InChI is InChI=1S/C26H31N5O7S/c1-20(32)25-27-10-11-30(25)19-22-18-24(38-28-22)9-6-21-4-7-23(8-5-21)36-16-3-17-37-26(33)29-12-14-31(15-13-29)39(2,34)35/h4-5,7-8,10-11,18,20,32H,3,12-17,19H2,1-2H3/t20-/m0/s1. The van der Waals surface area contributed by atoms with Crippen LogP contribution < -0.4 is 4.74 Å². The number of amides is 1. The highest BCUT2D eigenvalue weighted by Gasteiger charge is 2.26. The van der Waals surface area contributed by atoms with E-state index in [1.54, 1.807) is 42.1 Å². The van der Waals surface area contributed by atoms with Gasteiger partial charge >= 0.3 is 6.09 Å². The van der Waals surface area contributed by atoms with Crippen LogP contribution in [-0.4, -0.2) is 89.2 Å². The lowest BCUT2D eigenvalue weighted by molar-refractivity contribution is 0.0850. The van der Waals surface area contributed by atoms with E-state index in [4.69, 9.17) is 14.0 Å². The molecule has 208 valence electrons. The zero-order valence-corrected chi connectivity index (χ0v) is 22.6. The number of carbonyl (C=O) groups is 1. The summed E-state index contributed by atoms with van der Waals surface area (Å²) >= 11 is 0. The molecule has 12 nitrogen and oxygen atoms in total. The first-order valence-electron chi connectivity index (χ1n) is 12.5. The molecule has 2 aromatic heterocycles. The highest BCUT2D eigenvalue weighted by atomic mass is 32.2. The van der Waals surface area contributed by atoms with Gasteiger partial charge in [0.15, 0.2) is 0 Å². The van der Waals surface area contributed by atoms with Crippen molar-refractivity contribution in [2.45, 2.75) is 26.0 Å². The first-order valence-corrected chi connectivity index (χ1v) is 14.3. The minimum Gasteiger partial charge on any atom is -0.493 e. The minimum atomic E-state index is -3.24. The largest absolute Gasteiger partial charge is 0.493 e. The predicted molar refractivity (Wildman–Crippen MR) is 140 cm³/mol. The number of benzene rings is 1. The molecule has 4 rings (SSSR count). The van der Waals surface area contributed by atoms with E-state index in [9.17, 15) is 18.3 Å². The molecule has 13 heteroatoms. The molecular weight excluding hydrogens is 526 g/mol. The van der Waals surface area contributed by atoms with Crippen molar-refractivity contribution in [3.8, 4) is 17.6 Å². The lowest BCUT2D eigenvalue weighted by Crippen LogP contribution is -2.50. The van der Waals surface area contributed by atoms with Crippen molar-refractivity contribution in [1.82, 2.24) is 23.9 Å². The summed E-state index contributed by atoms with van der Waals surface area (Å²) in [5.74, 6) is 7.62. The third-order valence-electron chi connectivity index (χ3n) is 5.95. The quantitative estimate of drug-likeness (QED) is 0.308. The normalized spacial score (nSPS) is 14.9. The summed E-state index contributed by atoms with van der Waals surface area (Å²) in [5, 5.41) is 13.8. The van der Waals surface area contributed by atoms with Crippen molar-refractivity contribution in [3.05, 3.63) is 65.6 Å². The van der Waals surface area contributed by atoms with E-state index in [1.807, 2.05) is 12.1 Å². The van der Waals surface area contributed by atoms with Crippen molar-refractivity contribution in [2.24, 2.45) is 0 Å². The SMILES string of the molecule is C[C@H](O)c1nccn1Cc1cc(C#Cc2ccc(OCCCOC(=O)N3CCN(S(C)(=O)=O)CC3)cc2)on1. The Hall–Kier alpha value is -3.86. The zero-order chi connectivity index (χ0) is 27.8. The Bertz CT molecular complexity index is 1410. The first kappa shape index (κ1) is 28.2. The molecule has 1 aliphatic rings. The molecule has 3 heterocycles. The number of hydrogen-bond donors (Lipinski definition) is 1. The van der Waals surface area contributed by atoms with E-state index in [1.165, 1.54) is 9.21 Å². The van der Waals surface area contributed by atoms with Crippen molar-refractivity contribution in [3.63, 3.8) is 0 Å². The Morgan fingerprint density at radius 2 is 1.90 bits per heavy atom. The molecule has 0 aliphatic carbocycles. The molecule has 1 aliphatic heterocycles. The number of aliphatic hydroxyl groups is 1. The highest BCUT2D eigenvalue weighted by molar-refractivity contribution is 7.88. The first-order chi connectivity index (χ1) is 18.7. The fraction of sp³-hybridized carbons (Fsp3) is 0.423. The van der Waals surface area contributed by atoms with Gasteiger partial charge in [-0.25, -0.2) is 18.2 Å². The molecule has 0 bridgehead atoms. The molecule has 0 unspecified atom stereocenters. The summed E-state index contributed by atoms with van der Waals surface area (Å²) in [7, 11) is -3.24. The predicted octanol–water partition coefficient (Wildman–Crippen LogP) is 1.86. The van der Waals surface area contributed by atoms with Crippen molar-refractivity contribution in [1.29, 1.82) is 0 Å². The second kappa shape index (κ2) is 12.8. The third kappa shape index (κ3) is 8.06. The van der Waals surface area contributed by atoms with Gasteiger partial charge in [-0.2, -0.15) is 4.31 Å². The Morgan fingerprint density at radius 3 is 2.59 bits per heavy atom. The average molecular weight is 558 g/mol. The Morgan fingerprint density at radius 1 is 1.15 bits per heavy atom. The van der Waals surface area contributed by atoms with Gasteiger partial charge < -0.3 is 28.6 Å². The molecule has 1 saturated heterocycles. The number of imidazole rings is 1. The molecule has 0 spiro atoms. The molecule has 1 aromatic carbocycles. The van der Waals surface area contributed by atoms with Gasteiger partial charge in [-0.05, 0) is 37.1 Å². The number of hydrogen-bond acceptors (Lipinski definition) is 9. The van der Waals surface area contributed by atoms with Gasteiger partial charge in [0.2, 0.25) is 15.8 Å². The van der Waals surface area contributed by atoms with Crippen LogP contribution in [-0.2, 0) is 21.3 Å². The van der Waals surface area contributed by atoms with Gasteiger partial charge in [0, 0.05) is 56.6 Å². The van der Waals surface area contributed by atoms with Gasteiger partial charge in [0.1, 0.15) is 23.4 Å². The molecule has 1 fully saturated rings. The van der Waals surface area contributed by atoms with E-state index in [2.05, 4.69) is 22.0 Å². The fourth-order valence-electron chi connectivity index (χ4n) is 3.91. The maximum Gasteiger partial charge on any atom is 0.409 e. The molecule has 1 N–H and O–H groups in total. The average Bonchev–Trinajstić information content (AvgIpc) is 3.57. The number of ether oxygens (including phenoxy) is 2. The summed E-state index contributed by atoms with van der Waals surface area (Å²) in [6.45, 7) is 3.81. The summed E-state index contributed by atoms with van der Waals surface area (Å²) in [4.78, 5) is 17.8. The Balaban J connectivity index is 1.16.